The monoisotopic (exact) mass is 259 g/mol. The third-order valence-electron chi connectivity index (χ3n) is 2.58. The van der Waals surface area contributed by atoms with Gasteiger partial charge in [-0.25, -0.2) is 9.67 Å². The number of anilines is 1. The first-order valence-corrected chi connectivity index (χ1v) is 5.88. The Morgan fingerprint density at radius 1 is 1.42 bits per heavy atom. The molecule has 0 saturated carbocycles. The molecule has 6 nitrogen and oxygen atoms in total. The van der Waals surface area contributed by atoms with Crippen LogP contribution in [0.25, 0.3) is 0 Å². The molecule has 100 valence electrons. The number of hydrogen-bond donors (Lipinski definition) is 2. The third-order valence-corrected chi connectivity index (χ3v) is 2.58. The molecule has 0 saturated heterocycles. The van der Waals surface area contributed by atoms with Gasteiger partial charge >= 0.3 is 0 Å². The molecule has 2 aromatic rings. The fourth-order valence-corrected chi connectivity index (χ4v) is 1.63. The molecular weight excluding hydrogens is 242 g/mol. The molecule has 0 unspecified atom stereocenters. The normalized spacial score (nSPS) is 11.4. The van der Waals surface area contributed by atoms with Gasteiger partial charge in [0.2, 0.25) is 5.88 Å². The Kier molecular flexibility index (Phi) is 4.02. The van der Waals surface area contributed by atoms with Gasteiger partial charge in [-0.2, -0.15) is 5.10 Å². The first-order valence-electron chi connectivity index (χ1n) is 5.88. The molecule has 0 bridgehead atoms. The second-order valence-corrected chi connectivity index (χ2v) is 4.01. The predicted octanol–water partition coefficient (Wildman–Crippen LogP) is 1.36. The van der Waals surface area contributed by atoms with Crippen molar-refractivity contribution in [3.63, 3.8) is 0 Å². The van der Waals surface area contributed by atoms with Gasteiger partial charge in [-0.1, -0.05) is 30.3 Å². The number of hydrogen-bond acceptors (Lipinski definition) is 3. The van der Waals surface area contributed by atoms with E-state index in [1.165, 1.54) is 0 Å². The van der Waals surface area contributed by atoms with E-state index in [4.69, 9.17) is 10.5 Å². The van der Waals surface area contributed by atoms with Crippen molar-refractivity contribution >= 4 is 11.8 Å². The van der Waals surface area contributed by atoms with Gasteiger partial charge in [0.05, 0.1) is 13.7 Å². The van der Waals surface area contributed by atoms with Crippen molar-refractivity contribution in [2.45, 2.75) is 6.54 Å². The molecule has 2 rings (SSSR count). The van der Waals surface area contributed by atoms with Gasteiger partial charge in [-0.15, -0.1) is 0 Å². The number of aryl methyl sites for hydroxylation is 1. The van der Waals surface area contributed by atoms with E-state index in [0.717, 1.165) is 5.56 Å². The highest BCUT2D eigenvalue weighted by Gasteiger charge is 2.05. The topological polar surface area (TPSA) is 77.5 Å². The lowest BCUT2D eigenvalue weighted by Crippen LogP contribution is -2.23. The van der Waals surface area contributed by atoms with Crippen LogP contribution in [-0.2, 0) is 13.6 Å². The molecular formula is C13H17N5O. The summed E-state index contributed by atoms with van der Waals surface area (Å²) in [5.74, 6) is 1.58. The van der Waals surface area contributed by atoms with Crippen LogP contribution in [0.2, 0.25) is 0 Å². The first kappa shape index (κ1) is 12.9. The minimum Gasteiger partial charge on any atom is -0.481 e. The smallest absolute Gasteiger partial charge is 0.213 e. The summed E-state index contributed by atoms with van der Waals surface area (Å²) in [7, 11) is 3.38. The maximum atomic E-state index is 5.80. The second kappa shape index (κ2) is 5.90. The van der Waals surface area contributed by atoms with Crippen LogP contribution in [-0.4, -0.2) is 22.8 Å². The van der Waals surface area contributed by atoms with E-state index in [1.54, 1.807) is 24.9 Å². The molecule has 0 atom stereocenters. The van der Waals surface area contributed by atoms with Crippen molar-refractivity contribution in [2.75, 3.05) is 12.4 Å². The van der Waals surface area contributed by atoms with Gasteiger partial charge in [-0.05, 0) is 5.56 Å². The number of aromatic nitrogens is 2. The van der Waals surface area contributed by atoms with Gasteiger partial charge in [0.15, 0.2) is 11.8 Å². The number of ether oxygens (including phenoxy) is 1. The molecule has 1 aromatic carbocycles. The molecule has 0 aliphatic heterocycles. The lowest BCUT2D eigenvalue weighted by Gasteiger charge is -2.01. The number of benzene rings is 1. The van der Waals surface area contributed by atoms with E-state index >= 15 is 0 Å². The van der Waals surface area contributed by atoms with Crippen LogP contribution in [0.4, 0.5) is 5.82 Å². The summed E-state index contributed by atoms with van der Waals surface area (Å²) in [6.45, 7) is 0.531. The van der Waals surface area contributed by atoms with Crippen molar-refractivity contribution in [1.29, 1.82) is 0 Å². The SMILES string of the molecule is COc1cc(NC(N)=NCc2ccccc2)nn1C. The highest BCUT2D eigenvalue weighted by Crippen LogP contribution is 2.14. The van der Waals surface area contributed by atoms with E-state index in [-0.39, 0.29) is 0 Å². The lowest BCUT2D eigenvalue weighted by atomic mass is 10.2. The molecule has 0 fully saturated rings. The fourth-order valence-electron chi connectivity index (χ4n) is 1.63. The van der Waals surface area contributed by atoms with Gasteiger partial charge in [-0.3, -0.25) is 0 Å². The van der Waals surface area contributed by atoms with Crippen LogP contribution in [0.3, 0.4) is 0 Å². The molecule has 6 heteroatoms. The van der Waals surface area contributed by atoms with Crippen LogP contribution >= 0.6 is 0 Å². The van der Waals surface area contributed by atoms with E-state index in [1.807, 2.05) is 30.3 Å². The van der Waals surface area contributed by atoms with Crippen molar-refractivity contribution in [3.05, 3.63) is 42.0 Å². The first-order chi connectivity index (χ1) is 9.19. The predicted molar refractivity (Wildman–Crippen MR) is 75.2 cm³/mol. The Morgan fingerprint density at radius 2 is 2.16 bits per heavy atom. The molecule has 0 amide bonds. The van der Waals surface area contributed by atoms with Crippen molar-refractivity contribution < 1.29 is 4.74 Å². The molecule has 0 aliphatic rings. The Balaban J connectivity index is 1.98. The van der Waals surface area contributed by atoms with Crippen molar-refractivity contribution in [2.24, 2.45) is 17.8 Å². The van der Waals surface area contributed by atoms with E-state index in [9.17, 15) is 0 Å². The summed E-state index contributed by atoms with van der Waals surface area (Å²) in [5, 5.41) is 7.12. The van der Waals surface area contributed by atoms with Gasteiger partial charge in [0.25, 0.3) is 0 Å². The molecule has 0 radical (unpaired) electrons. The minimum absolute atomic E-state index is 0.324. The number of rotatable bonds is 4. The average Bonchev–Trinajstić information content (AvgIpc) is 2.77. The number of nitrogens with zero attached hydrogens (tertiary/aromatic N) is 3. The Morgan fingerprint density at radius 3 is 2.79 bits per heavy atom. The van der Waals surface area contributed by atoms with Gasteiger partial charge in [0, 0.05) is 13.1 Å². The Hall–Kier alpha value is -2.50. The highest BCUT2D eigenvalue weighted by molar-refractivity contribution is 5.91. The van der Waals surface area contributed by atoms with Gasteiger partial charge < -0.3 is 15.8 Å². The van der Waals surface area contributed by atoms with Crippen molar-refractivity contribution in [3.8, 4) is 5.88 Å². The summed E-state index contributed by atoms with van der Waals surface area (Å²) in [6, 6.07) is 11.7. The zero-order valence-corrected chi connectivity index (χ0v) is 11.0. The minimum atomic E-state index is 0.324. The standard InChI is InChI=1S/C13H17N5O/c1-18-12(19-2)8-11(17-18)16-13(14)15-9-10-6-4-3-5-7-10/h3-8H,9H2,1-2H3,(H3,14,15,16,17). The number of aliphatic imine (C=N–C) groups is 1. The molecule has 1 heterocycles. The summed E-state index contributed by atoms with van der Waals surface area (Å²) in [5.41, 5.74) is 6.91. The molecule has 0 spiro atoms. The maximum Gasteiger partial charge on any atom is 0.213 e. The zero-order chi connectivity index (χ0) is 13.7. The van der Waals surface area contributed by atoms with Crippen LogP contribution in [0.1, 0.15) is 5.56 Å². The van der Waals surface area contributed by atoms with E-state index in [2.05, 4.69) is 15.4 Å². The van der Waals surface area contributed by atoms with Crippen LogP contribution in [0.15, 0.2) is 41.4 Å². The number of guanidine groups is 1. The summed E-state index contributed by atoms with van der Waals surface area (Å²) in [6.07, 6.45) is 0. The Bertz CT molecular complexity index is 562. The third kappa shape index (κ3) is 3.48. The van der Waals surface area contributed by atoms with Crippen LogP contribution in [0, 0.1) is 0 Å². The van der Waals surface area contributed by atoms with Crippen LogP contribution in [0.5, 0.6) is 5.88 Å². The Labute approximate surface area is 111 Å². The number of methoxy groups -OCH3 is 1. The lowest BCUT2D eigenvalue weighted by molar-refractivity contribution is 0.373. The quantitative estimate of drug-likeness (QED) is 0.642. The second-order valence-electron chi connectivity index (χ2n) is 4.01. The van der Waals surface area contributed by atoms with E-state index in [0.29, 0.717) is 24.2 Å². The highest BCUT2D eigenvalue weighted by atomic mass is 16.5. The molecule has 19 heavy (non-hydrogen) atoms. The largest absolute Gasteiger partial charge is 0.481 e. The van der Waals surface area contributed by atoms with Crippen molar-refractivity contribution in [1.82, 2.24) is 9.78 Å². The fraction of sp³-hybridized carbons (Fsp3) is 0.231. The molecule has 3 N–H and O–H groups in total. The zero-order valence-electron chi connectivity index (χ0n) is 11.0. The maximum absolute atomic E-state index is 5.80. The molecule has 1 aromatic heterocycles. The van der Waals surface area contributed by atoms with E-state index < -0.39 is 0 Å². The summed E-state index contributed by atoms with van der Waals surface area (Å²) < 4.78 is 6.73. The summed E-state index contributed by atoms with van der Waals surface area (Å²) in [4.78, 5) is 4.25. The average molecular weight is 259 g/mol. The number of nitrogens with two attached hydrogens (primary N) is 1. The number of nitrogens with one attached hydrogen (secondary N) is 1. The van der Waals surface area contributed by atoms with Gasteiger partial charge in [0.1, 0.15) is 0 Å². The summed E-state index contributed by atoms with van der Waals surface area (Å²) >= 11 is 0. The molecule has 0 aliphatic carbocycles. The van der Waals surface area contributed by atoms with Crippen LogP contribution < -0.4 is 15.8 Å².